The third kappa shape index (κ3) is 22.5. The number of primary amides is 1. The van der Waals surface area contributed by atoms with Crippen LogP contribution in [0.4, 0.5) is 9.59 Å². The predicted molar refractivity (Wildman–Crippen MR) is 280 cm³/mol. The minimum absolute atomic E-state index is 0.0408. The van der Waals surface area contributed by atoms with Crippen LogP contribution < -0.4 is 48.3 Å². The molecule has 0 saturated heterocycles. The van der Waals surface area contributed by atoms with Gasteiger partial charge in [-0.05, 0) is 95.4 Å². The first-order valence-corrected chi connectivity index (χ1v) is 25.4. The molecule has 24 heteroatoms. The maximum absolute atomic E-state index is 14.0. The highest BCUT2D eigenvalue weighted by Gasteiger charge is 2.36. The highest BCUT2D eigenvalue weighted by molar-refractivity contribution is 5.96. The Morgan fingerprint density at radius 2 is 1.16 bits per heavy atom. The first-order valence-electron chi connectivity index (χ1n) is 25.4. The molecule has 1 aliphatic rings. The number of carbonyl (C=O) groups excluding carboxylic acids is 11. The van der Waals surface area contributed by atoms with Crippen LogP contribution in [0, 0.1) is 11.8 Å². The molecule has 0 aromatic heterocycles. The zero-order chi connectivity index (χ0) is 57.8. The second-order valence-corrected chi connectivity index (χ2v) is 21.2. The van der Waals surface area contributed by atoms with Gasteiger partial charge in [-0.15, -0.1) is 0 Å². The summed E-state index contributed by atoms with van der Waals surface area (Å²) >= 11 is 0. The zero-order valence-corrected chi connectivity index (χ0v) is 45.8. The molecule has 3 rings (SSSR count). The van der Waals surface area contributed by atoms with Crippen LogP contribution in [0.3, 0.4) is 0 Å². The summed E-state index contributed by atoms with van der Waals surface area (Å²) in [5.41, 5.74) is 7.13. The molecule has 0 spiro atoms. The number of esters is 2. The lowest BCUT2D eigenvalue weighted by atomic mass is 9.98. The van der Waals surface area contributed by atoms with Crippen LogP contribution in [-0.2, 0) is 62.1 Å². The number of carbonyl (C=O) groups is 11. The fraction of sp³-hybridized carbons (Fsp3) is 0.566. The van der Waals surface area contributed by atoms with E-state index in [2.05, 4.69) is 42.5 Å². The van der Waals surface area contributed by atoms with Crippen LogP contribution in [-0.4, -0.2) is 140 Å². The molecule has 0 aliphatic heterocycles. The number of hydrogen-bond acceptors (Lipinski definition) is 15. The van der Waals surface area contributed by atoms with Gasteiger partial charge in [0.05, 0.1) is 25.9 Å². The van der Waals surface area contributed by atoms with Crippen molar-refractivity contribution in [2.45, 2.75) is 149 Å². The largest absolute Gasteiger partial charge is 0.465 e. The Balaban J connectivity index is 1.68. The van der Waals surface area contributed by atoms with Gasteiger partial charge in [-0.25, -0.2) is 14.4 Å². The first-order chi connectivity index (χ1) is 35.9. The molecule has 2 aromatic carbocycles. The van der Waals surface area contributed by atoms with E-state index >= 15 is 0 Å². The van der Waals surface area contributed by atoms with Crippen LogP contribution in [0.1, 0.15) is 119 Å². The van der Waals surface area contributed by atoms with Crippen molar-refractivity contribution in [3.63, 3.8) is 0 Å². The number of nitrogens with two attached hydrogens (primary N) is 1. The molecule has 0 unspecified atom stereocenters. The Morgan fingerprint density at radius 3 is 1.71 bits per heavy atom. The Bertz CT molecular complexity index is 2400. The molecule has 9 amide bonds. The Kier molecular flexibility index (Phi) is 24.3. The average molecular weight is 1080 g/mol. The van der Waals surface area contributed by atoms with E-state index in [1.54, 1.807) is 55.4 Å². The molecule has 5 atom stereocenters. The van der Waals surface area contributed by atoms with Gasteiger partial charge < -0.3 is 67.2 Å². The second-order valence-electron chi connectivity index (χ2n) is 21.2. The fourth-order valence-electron chi connectivity index (χ4n) is 7.70. The highest BCUT2D eigenvalue weighted by Crippen LogP contribution is 2.44. The smallest absolute Gasteiger partial charge is 0.408 e. The van der Waals surface area contributed by atoms with Gasteiger partial charge in [-0.1, -0.05) is 76.2 Å². The number of alkyl carbamates (subject to hydrolysis) is 2. The van der Waals surface area contributed by atoms with E-state index in [0.717, 1.165) is 22.3 Å². The normalized spacial score (nSPS) is 13.9. The van der Waals surface area contributed by atoms with Gasteiger partial charge in [-0.3, -0.25) is 38.4 Å². The number of hydrogen-bond donors (Lipinski definition) is 9. The van der Waals surface area contributed by atoms with Crippen molar-refractivity contribution >= 4 is 65.5 Å². The molecule has 2 aromatic rings. The van der Waals surface area contributed by atoms with Crippen molar-refractivity contribution in [1.82, 2.24) is 42.5 Å². The summed E-state index contributed by atoms with van der Waals surface area (Å²) in [6.07, 6.45) is -3.15. The molecule has 10 N–H and O–H groups in total. The summed E-state index contributed by atoms with van der Waals surface area (Å²) in [6.45, 7) is 16.3. The molecule has 1 aliphatic carbocycles. The van der Waals surface area contributed by atoms with Crippen molar-refractivity contribution in [2.24, 2.45) is 17.6 Å². The standard InChI is InChI=1S/C53H77N9O15/c1-29(2)24-39(49(71)76-52(6,7)8)60-47(69)38(59-48(70)44(30(3)4)62-50(72)75-28-36-34-18-14-12-16-32(34)33-17-13-15-19-35(33)36)25-43(66)74-23-21-41(64)55-22-20-37(61-51(73)77-53(9,10)11)46(68)58-31(5)45(67)57-27-42(65)56-26-40(54)63/h12-19,29-31,36-39,44H,20-28H2,1-11H3,(H2,54,63)(H,55,64)(H,56,65)(H,57,67)(H,58,68)(H,59,70)(H,60,69)(H,61,73)(H,62,72)/t31-,37+,38-,39-,44-/m0/s1. The Hall–Kier alpha value is -7.79. The molecule has 0 saturated carbocycles. The molecule has 0 fully saturated rings. The molecule has 24 nitrogen and oxygen atoms in total. The lowest BCUT2D eigenvalue weighted by molar-refractivity contribution is -0.159. The van der Waals surface area contributed by atoms with E-state index in [9.17, 15) is 52.7 Å². The maximum atomic E-state index is 14.0. The third-order valence-electron chi connectivity index (χ3n) is 11.3. The van der Waals surface area contributed by atoms with Crippen molar-refractivity contribution in [3.05, 3.63) is 59.7 Å². The maximum Gasteiger partial charge on any atom is 0.408 e. The predicted octanol–water partition coefficient (Wildman–Crippen LogP) is 1.85. The van der Waals surface area contributed by atoms with Gasteiger partial charge in [0.15, 0.2) is 0 Å². The quantitative estimate of drug-likeness (QED) is 0.0456. The number of nitrogens with one attached hydrogen (secondary N) is 8. The molecular weight excluding hydrogens is 1000 g/mol. The van der Waals surface area contributed by atoms with Crippen molar-refractivity contribution < 1.29 is 71.7 Å². The number of amides is 9. The lowest BCUT2D eigenvalue weighted by Gasteiger charge is -2.28. The summed E-state index contributed by atoms with van der Waals surface area (Å²) < 4.78 is 21.8. The van der Waals surface area contributed by atoms with Crippen molar-refractivity contribution in [1.29, 1.82) is 0 Å². The van der Waals surface area contributed by atoms with E-state index in [0.29, 0.717) is 0 Å². The second kappa shape index (κ2) is 29.5. The lowest BCUT2D eigenvalue weighted by Crippen LogP contribution is -2.58. The van der Waals surface area contributed by atoms with E-state index < -0.39 is 145 Å². The topological polar surface area (TPSA) is 347 Å². The molecule has 77 heavy (non-hydrogen) atoms. The van der Waals surface area contributed by atoms with Gasteiger partial charge >= 0.3 is 24.1 Å². The fourth-order valence-corrected chi connectivity index (χ4v) is 7.70. The molecule has 0 heterocycles. The first kappa shape index (κ1) is 63.5. The molecule has 424 valence electrons. The zero-order valence-electron chi connectivity index (χ0n) is 45.8. The molecule has 0 radical (unpaired) electrons. The summed E-state index contributed by atoms with van der Waals surface area (Å²) in [5, 5.41) is 19.6. The van der Waals surface area contributed by atoms with Gasteiger partial charge in [0.1, 0.15) is 54.6 Å². The molecular formula is C53H77N9O15. The van der Waals surface area contributed by atoms with Crippen LogP contribution in [0.5, 0.6) is 0 Å². The summed E-state index contributed by atoms with van der Waals surface area (Å²) in [6, 6.07) is 8.88. The Morgan fingerprint density at radius 1 is 0.584 bits per heavy atom. The summed E-state index contributed by atoms with van der Waals surface area (Å²) in [4.78, 5) is 142. The van der Waals surface area contributed by atoms with E-state index in [1.165, 1.54) is 6.92 Å². The summed E-state index contributed by atoms with van der Waals surface area (Å²) in [5.74, 6) is -8.30. The van der Waals surface area contributed by atoms with E-state index in [-0.39, 0.29) is 37.8 Å². The summed E-state index contributed by atoms with van der Waals surface area (Å²) in [7, 11) is 0. The van der Waals surface area contributed by atoms with Gasteiger partial charge in [0.2, 0.25) is 41.4 Å². The number of fused-ring (bicyclic) bond motifs is 3. The highest BCUT2D eigenvalue weighted by atomic mass is 16.6. The SMILES string of the molecule is CC(C)C[C@H](NC(=O)[C@H](CC(=O)OCCC(=O)NCC[C@@H](NC(=O)OC(C)(C)C)C(=O)N[C@@H](C)C(=O)NCC(=O)NCC(N)=O)NC(=O)[C@@H](NC(=O)OCC1c2ccccc2-c2ccccc21)C(C)C)C(=O)OC(C)(C)C. The Labute approximate surface area is 448 Å². The number of ether oxygens (including phenoxy) is 4. The van der Waals surface area contributed by atoms with E-state index in [1.807, 2.05) is 62.4 Å². The van der Waals surface area contributed by atoms with Gasteiger partial charge in [0, 0.05) is 12.5 Å². The van der Waals surface area contributed by atoms with Crippen LogP contribution in [0.15, 0.2) is 48.5 Å². The van der Waals surface area contributed by atoms with Crippen molar-refractivity contribution in [2.75, 3.05) is 32.8 Å². The number of rotatable bonds is 27. The van der Waals surface area contributed by atoms with Crippen LogP contribution in [0.2, 0.25) is 0 Å². The van der Waals surface area contributed by atoms with E-state index in [4.69, 9.17) is 24.7 Å². The molecule has 0 bridgehead atoms. The number of benzene rings is 2. The van der Waals surface area contributed by atoms with Gasteiger partial charge in [-0.2, -0.15) is 0 Å². The minimum atomic E-state index is -1.66. The average Bonchev–Trinajstić information content (AvgIpc) is 3.64. The monoisotopic (exact) mass is 1080 g/mol. The van der Waals surface area contributed by atoms with Gasteiger partial charge in [0.25, 0.3) is 0 Å². The van der Waals surface area contributed by atoms with Crippen LogP contribution >= 0.6 is 0 Å². The van der Waals surface area contributed by atoms with Crippen LogP contribution in [0.25, 0.3) is 11.1 Å². The van der Waals surface area contributed by atoms with Crippen molar-refractivity contribution in [3.8, 4) is 11.1 Å². The minimum Gasteiger partial charge on any atom is -0.465 e. The third-order valence-corrected chi connectivity index (χ3v) is 11.3.